The van der Waals surface area contributed by atoms with Crippen LogP contribution in [0.3, 0.4) is 0 Å². The molecule has 9 heteroatoms. The van der Waals surface area contributed by atoms with Crippen molar-refractivity contribution >= 4 is 28.4 Å². The van der Waals surface area contributed by atoms with E-state index in [4.69, 9.17) is 9.97 Å². The quantitative estimate of drug-likeness (QED) is 0.604. The summed E-state index contributed by atoms with van der Waals surface area (Å²) in [5.74, 6) is 1.94. The number of hydrogen-bond acceptors (Lipinski definition) is 8. The summed E-state index contributed by atoms with van der Waals surface area (Å²) in [5.41, 5.74) is 2.96. The SMILES string of the molecule is Cc1cc2cnc(Nc3cnn(C4CC5(C4)CN(C)C5)c3)nc2c(N2CCC(C#N)(C3CC3)C2)n1. The third-order valence-electron chi connectivity index (χ3n) is 8.64. The number of nitrogens with one attached hydrogen (secondary N) is 1. The highest BCUT2D eigenvalue weighted by molar-refractivity contribution is 5.89. The fraction of sp³-hybridized carbons (Fsp3) is 0.577. The molecule has 0 bridgehead atoms. The number of anilines is 3. The van der Waals surface area contributed by atoms with Gasteiger partial charge in [0, 0.05) is 49.7 Å². The lowest BCUT2D eigenvalue weighted by molar-refractivity contribution is -0.0786. The fourth-order valence-corrected chi connectivity index (χ4v) is 6.81. The van der Waals surface area contributed by atoms with E-state index in [0.29, 0.717) is 23.3 Å². The standard InChI is InChI=1S/C26H31N9/c1-17-7-18-10-28-24(31-20-11-29-35(12-20)21-8-25(9-21)14-33(2)15-25)32-22(18)23(30-17)34-6-5-26(13-27,16-34)19-3-4-19/h7,10-12,19,21H,3-6,8-9,14-16H2,1-2H3,(H,28,31,32). The van der Waals surface area contributed by atoms with E-state index in [1.807, 2.05) is 25.4 Å². The zero-order valence-electron chi connectivity index (χ0n) is 20.4. The molecule has 2 aliphatic heterocycles. The van der Waals surface area contributed by atoms with Crippen molar-refractivity contribution < 1.29 is 0 Å². The maximum absolute atomic E-state index is 9.95. The summed E-state index contributed by atoms with van der Waals surface area (Å²) in [6.45, 7) is 6.00. The number of rotatable bonds is 5. The van der Waals surface area contributed by atoms with Crippen molar-refractivity contribution in [1.82, 2.24) is 29.6 Å². The summed E-state index contributed by atoms with van der Waals surface area (Å²) in [6, 6.07) is 5.17. The highest BCUT2D eigenvalue weighted by atomic mass is 15.3. The smallest absolute Gasteiger partial charge is 0.227 e. The summed E-state index contributed by atoms with van der Waals surface area (Å²) in [5, 5.41) is 18.9. The maximum Gasteiger partial charge on any atom is 0.227 e. The Hall–Kier alpha value is -3.25. The van der Waals surface area contributed by atoms with E-state index in [9.17, 15) is 5.26 Å². The molecule has 7 rings (SSSR count). The predicted octanol–water partition coefficient (Wildman–Crippen LogP) is 3.67. The van der Waals surface area contributed by atoms with Crippen LogP contribution < -0.4 is 10.2 Å². The first-order chi connectivity index (χ1) is 16.9. The molecule has 1 atom stereocenters. The molecular formula is C26H31N9. The zero-order chi connectivity index (χ0) is 23.8. The molecule has 4 fully saturated rings. The number of likely N-dealkylation sites (tertiary alicyclic amines) is 1. The molecular weight excluding hydrogens is 438 g/mol. The van der Waals surface area contributed by atoms with E-state index in [1.54, 1.807) is 0 Å². The largest absolute Gasteiger partial charge is 0.353 e. The van der Waals surface area contributed by atoms with Crippen molar-refractivity contribution in [2.75, 3.05) is 43.4 Å². The molecule has 2 aliphatic carbocycles. The molecule has 2 saturated carbocycles. The van der Waals surface area contributed by atoms with E-state index in [-0.39, 0.29) is 5.41 Å². The monoisotopic (exact) mass is 469 g/mol. The van der Waals surface area contributed by atoms with Crippen LogP contribution in [0.4, 0.5) is 17.5 Å². The highest BCUT2D eigenvalue weighted by Gasteiger charge is 2.52. The fourth-order valence-electron chi connectivity index (χ4n) is 6.81. The van der Waals surface area contributed by atoms with Gasteiger partial charge in [0.2, 0.25) is 5.95 Å². The molecule has 0 radical (unpaired) electrons. The molecule has 2 saturated heterocycles. The molecule has 180 valence electrons. The summed E-state index contributed by atoms with van der Waals surface area (Å²) in [7, 11) is 2.19. The van der Waals surface area contributed by atoms with Gasteiger partial charge in [-0.3, -0.25) is 4.68 Å². The Labute approximate surface area is 205 Å². The van der Waals surface area contributed by atoms with Crippen LogP contribution in [0.5, 0.6) is 0 Å². The summed E-state index contributed by atoms with van der Waals surface area (Å²) >= 11 is 0. The minimum absolute atomic E-state index is 0.241. The van der Waals surface area contributed by atoms with Gasteiger partial charge in [0.25, 0.3) is 0 Å². The van der Waals surface area contributed by atoms with Crippen molar-refractivity contribution in [3.8, 4) is 6.07 Å². The van der Waals surface area contributed by atoms with Gasteiger partial charge in [-0.15, -0.1) is 0 Å². The van der Waals surface area contributed by atoms with Crippen LogP contribution in [-0.4, -0.2) is 62.9 Å². The minimum Gasteiger partial charge on any atom is -0.353 e. The first kappa shape index (κ1) is 21.1. The molecule has 1 N–H and O–H groups in total. The Morgan fingerprint density at radius 2 is 1.97 bits per heavy atom. The van der Waals surface area contributed by atoms with E-state index in [1.165, 1.54) is 38.8 Å². The van der Waals surface area contributed by atoms with Gasteiger partial charge in [0.1, 0.15) is 5.52 Å². The lowest BCUT2D eigenvalue weighted by Crippen LogP contribution is -2.60. The van der Waals surface area contributed by atoms with Crippen LogP contribution in [0.25, 0.3) is 10.9 Å². The molecule has 9 nitrogen and oxygen atoms in total. The number of hydrogen-bond donors (Lipinski definition) is 1. The Bertz CT molecular complexity index is 1340. The molecule has 1 unspecified atom stereocenters. The Balaban J connectivity index is 1.12. The second-order valence-corrected chi connectivity index (χ2v) is 11.5. The topological polar surface area (TPSA) is 98.8 Å². The Kier molecular flexibility index (Phi) is 4.44. The van der Waals surface area contributed by atoms with E-state index >= 15 is 0 Å². The van der Waals surface area contributed by atoms with Gasteiger partial charge < -0.3 is 15.1 Å². The average molecular weight is 470 g/mol. The van der Waals surface area contributed by atoms with Crippen LogP contribution in [0.1, 0.15) is 43.8 Å². The van der Waals surface area contributed by atoms with Gasteiger partial charge in [-0.2, -0.15) is 10.4 Å². The molecule has 5 heterocycles. The van der Waals surface area contributed by atoms with E-state index in [2.05, 4.69) is 49.2 Å². The normalized spacial score (nSPS) is 26.0. The molecule has 35 heavy (non-hydrogen) atoms. The summed E-state index contributed by atoms with van der Waals surface area (Å²) in [6.07, 6.45) is 11.5. The first-order valence-electron chi connectivity index (χ1n) is 12.7. The van der Waals surface area contributed by atoms with Gasteiger partial charge in [-0.25, -0.2) is 15.0 Å². The van der Waals surface area contributed by atoms with Crippen molar-refractivity contribution in [2.45, 2.75) is 45.1 Å². The van der Waals surface area contributed by atoms with Crippen molar-refractivity contribution in [2.24, 2.45) is 16.7 Å². The number of fused-ring (bicyclic) bond motifs is 1. The highest BCUT2D eigenvalue weighted by Crippen LogP contribution is 2.53. The molecule has 3 aromatic heterocycles. The number of pyridine rings is 1. The molecule has 0 amide bonds. The van der Waals surface area contributed by atoms with Gasteiger partial charge in [0.15, 0.2) is 5.82 Å². The second kappa shape index (κ2) is 7.37. The minimum atomic E-state index is -0.241. The third kappa shape index (κ3) is 3.46. The maximum atomic E-state index is 9.95. The number of aromatic nitrogens is 5. The van der Waals surface area contributed by atoms with Crippen LogP contribution in [0, 0.1) is 35.0 Å². The van der Waals surface area contributed by atoms with Crippen LogP contribution >= 0.6 is 0 Å². The summed E-state index contributed by atoms with van der Waals surface area (Å²) < 4.78 is 2.09. The van der Waals surface area contributed by atoms with Crippen molar-refractivity contribution in [3.63, 3.8) is 0 Å². The predicted molar refractivity (Wildman–Crippen MR) is 133 cm³/mol. The number of nitrogens with zero attached hydrogens (tertiary/aromatic N) is 8. The molecule has 0 aromatic carbocycles. The molecule has 1 spiro atoms. The lowest BCUT2D eigenvalue weighted by Gasteiger charge is -2.58. The Morgan fingerprint density at radius 3 is 2.71 bits per heavy atom. The van der Waals surface area contributed by atoms with E-state index in [0.717, 1.165) is 47.6 Å². The second-order valence-electron chi connectivity index (χ2n) is 11.5. The third-order valence-corrected chi connectivity index (χ3v) is 8.64. The van der Waals surface area contributed by atoms with Gasteiger partial charge in [-0.05, 0) is 63.5 Å². The van der Waals surface area contributed by atoms with E-state index < -0.39 is 0 Å². The Morgan fingerprint density at radius 1 is 1.14 bits per heavy atom. The zero-order valence-corrected chi connectivity index (χ0v) is 20.4. The molecule has 3 aromatic rings. The van der Waals surface area contributed by atoms with Crippen LogP contribution in [0.15, 0.2) is 24.7 Å². The number of nitriles is 1. The lowest BCUT2D eigenvalue weighted by atomic mass is 9.61. The average Bonchev–Trinajstić information content (AvgIpc) is 3.41. The van der Waals surface area contributed by atoms with Crippen LogP contribution in [-0.2, 0) is 0 Å². The first-order valence-corrected chi connectivity index (χ1v) is 12.7. The van der Waals surface area contributed by atoms with Crippen molar-refractivity contribution in [1.29, 1.82) is 5.26 Å². The van der Waals surface area contributed by atoms with Crippen LogP contribution in [0.2, 0.25) is 0 Å². The van der Waals surface area contributed by atoms with Crippen molar-refractivity contribution in [3.05, 3.63) is 30.4 Å². The van der Waals surface area contributed by atoms with Gasteiger partial charge >= 0.3 is 0 Å². The van der Waals surface area contributed by atoms with Gasteiger partial charge in [0.05, 0.1) is 29.4 Å². The molecule has 4 aliphatic rings. The van der Waals surface area contributed by atoms with Gasteiger partial charge in [-0.1, -0.05) is 0 Å². The number of aryl methyl sites for hydroxylation is 1. The summed E-state index contributed by atoms with van der Waals surface area (Å²) in [4.78, 5) is 19.0.